The van der Waals surface area contributed by atoms with E-state index in [1.54, 1.807) is 7.05 Å². The lowest BCUT2D eigenvalue weighted by Crippen LogP contribution is -2.48. The minimum Gasteiger partial charge on any atom is -0.443 e. The molecule has 0 saturated heterocycles. The van der Waals surface area contributed by atoms with Gasteiger partial charge in [-0.15, -0.1) is 0 Å². The van der Waals surface area contributed by atoms with Crippen molar-refractivity contribution in [2.24, 2.45) is 11.3 Å². The highest BCUT2D eigenvalue weighted by Gasteiger charge is 2.44. The molecule has 2 N–H and O–H groups in total. The summed E-state index contributed by atoms with van der Waals surface area (Å²) < 4.78 is 6.72. The lowest BCUT2D eigenvalue weighted by atomic mass is 9.73. The molecule has 2 aliphatic carbocycles. The first-order valence-corrected chi connectivity index (χ1v) is 17.2. The zero-order valence-corrected chi connectivity index (χ0v) is 29.0. The van der Waals surface area contributed by atoms with E-state index in [4.69, 9.17) is 16.3 Å². The third-order valence-electron chi connectivity index (χ3n) is 9.48. The smallest absolute Gasteiger partial charge is 0.326 e. The first kappa shape index (κ1) is 34.6. The van der Waals surface area contributed by atoms with Gasteiger partial charge in [0.05, 0.1) is 5.57 Å². The minimum atomic E-state index is -1.34. The van der Waals surface area contributed by atoms with E-state index in [9.17, 15) is 14.4 Å². The van der Waals surface area contributed by atoms with E-state index in [2.05, 4.69) is 34.9 Å². The van der Waals surface area contributed by atoms with Crippen molar-refractivity contribution in [2.45, 2.75) is 83.8 Å². The number of likely N-dealkylation sites (N-methyl/N-ethyl adjacent to an activating group) is 1. The number of esters is 1. The molecule has 7 heteroatoms. The summed E-state index contributed by atoms with van der Waals surface area (Å²) in [5.74, 6) is -0.0474. The Kier molecular flexibility index (Phi) is 10.7. The average Bonchev–Trinajstić information content (AvgIpc) is 2.99. The zero-order chi connectivity index (χ0) is 33.8. The number of allylic oxidation sites excluding steroid dienone is 2. The van der Waals surface area contributed by atoms with Gasteiger partial charge in [-0.3, -0.25) is 14.4 Å². The maximum atomic E-state index is 14.4. The first-order chi connectivity index (χ1) is 22.4. The summed E-state index contributed by atoms with van der Waals surface area (Å²) >= 11 is 6.91. The van der Waals surface area contributed by atoms with Crippen molar-refractivity contribution in [3.05, 3.63) is 117 Å². The van der Waals surface area contributed by atoms with Crippen molar-refractivity contribution in [1.82, 2.24) is 10.6 Å². The van der Waals surface area contributed by atoms with Crippen molar-refractivity contribution in [3.8, 4) is 0 Å². The monoisotopic (exact) mass is 654 g/mol. The van der Waals surface area contributed by atoms with Crippen molar-refractivity contribution < 1.29 is 19.1 Å². The number of hydrogen-bond donors (Lipinski definition) is 2. The summed E-state index contributed by atoms with van der Waals surface area (Å²) in [4.78, 5) is 40.8. The van der Waals surface area contributed by atoms with E-state index in [1.807, 2.05) is 82.3 Å². The normalized spacial score (nSPS) is 18.3. The average molecular weight is 655 g/mol. The fourth-order valence-electron chi connectivity index (χ4n) is 6.82. The van der Waals surface area contributed by atoms with Crippen LogP contribution in [0.4, 0.5) is 0 Å². The number of hydrogen-bond acceptors (Lipinski definition) is 6. The Morgan fingerprint density at radius 1 is 0.915 bits per heavy atom. The molecule has 0 bridgehead atoms. The van der Waals surface area contributed by atoms with Gasteiger partial charge in [-0.25, -0.2) is 0 Å². The van der Waals surface area contributed by atoms with E-state index < -0.39 is 17.6 Å². The summed E-state index contributed by atoms with van der Waals surface area (Å²) in [5, 5.41) is 6.94. The molecule has 2 atom stereocenters. The van der Waals surface area contributed by atoms with Gasteiger partial charge < -0.3 is 15.4 Å². The van der Waals surface area contributed by atoms with Gasteiger partial charge in [0.15, 0.2) is 17.2 Å². The lowest BCUT2D eigenvalue weighted by Gasteiger charge is -2.37. The predicted molar refractivity (Wildman–Crippen MR) is 187 cm³/mol. The number of Topliss-reactive ketones (excluding diaryl/α,β-unsaturated/α-hetero) is 2. The quantitative estimate of drug-likeness (QED) is 0.0895. The number of ether oxygens (including phenoxy) is 1. The Morgan fingerprint density at radius 2 is 1.51 bits per heavy atom. The third-order valence-corrected chi connectivity index (χ3v) is 9.81. The van der Waals surface area contributed by atoms with Gasteiger partial charge in [0.2, 0.25) is 0 Å². The summed E-state index contributed by atoms with van der Waals surface area (Å²) in [6.07, 6.45) is 4.75. The Labute approximate surface area is 284 Å². The first-order valence-electron chi connectivity index (χ1n) is 16.8. The molecule has 0 amide bonds. The highest BCUT2D eigenvalue weighted by Crippen LogP contribution is 2.45. The number of nitrogens with one attached hydrogen (secondary N) is 2. The Morgan fingerprint density at radius 3 is 2.06 bits per heavy atom. The summed E-state index contributed by atoms with van der Waals surface area (Å²) in [6.45, 7) is 8.10. The number of carbonyl (C=O) groups excluding carboxylic acids is 3. The van der Waals surface area contributed by atoms with E-state index in [0.717, 1.165) is 11.1 Å². The van der Waals surface area contributed by atoms with Crippen molar-refractivity contribution in [3.63, 3.8) is 0 Å². The molecule has 0 aliphatic heterocycles. The molecule has 3 aromatic carbocycles. The van der Waals surface area contributed by atoms with Crippen LogP contribution in [-0.2, 0) is 24.7 Å². The molecule has 0 aromatic heterocycles. The Hall–Kier alpha value is -3.74. The summed E-state index contributed by atoms with van der Waals surface area (Å²) in [5.41, 5.74) is 2.61. The molecule has 2 saturated carbocycles. The maximum Gasteiger partial charge on any atom is 0.326 e. The highest BCUT2D eigenvalue weighted by atomic mass is 35.5. The molecule has 0 radical (unpaired) electrons. The molecule has 6 nitrogen and oxygen atoms in total. The zero-order valence-electron chi connectivity index (χ0n) is 28.2. The van der Waals surface area contributed by atoms with Crippen LogP contribution in [0.25, 0.3) is 0 Å². The van der Waals surface area contributed by atoms with Crippen LogP contribution in [0.15, 0.2) is 90.1 Å². The van der Waals surface area contributed by atoms with Gasteiger partial charge in [-0.1, -0.05) is 119 Å². The van der Waals surface area contributed by atoms with Crippen LogP contribution in [0.3, 0.4) is 0 Å². The van der Waals surface area contributed by atoms with Crippen molar-refractivity contribution in [2.75, 3.05) is 13.6 Å². The van der Waals surface area contributed by atoms with E-state index in [-0.39, 0.29) is 35.0 Å². The molecule has 0 heterocycles. The van der Waals surface area contributed by atoms with Gasteiger partial charge in [-0.05, 0) is 55.2 Å². The number of rotatable bonds is 12. The molecule has 0 spiro atoms. The fourth-order valence-corrected chi connectivity index (χ4v) is 7.09. The van der Waals surface area contributed by atoms with Crippen LogP contribution >= 0.6 is 11.6 Å². The molecule has 248 valence electrons. The van der Waals surface area contributed by atoms with Crippen LogP contribution in [0.5, 0.6) is 0 Å². The van der Waals surface area contributed by atoms with Gasteiger partial charge in [-0.2, -0.15) is 0 Å². The topological polar surface area (TPSA) is 84.5 Å². The largest absolute Gasteiger partial charge is 0.443 e. The number of halogens is 1. The van der Waals surface area contributed by atoms with Crippen molar-refractivity contribution >= 4 is 29.1 Å². The van der Waals surface area contributed by atoms with E-state index in [0.29, 0.717) is 41.5 Å². The fraction of sp³-hybridized carbons (Fsp3) is 0.425. The van der Waals surface area contributed by atoms with E-state index >= 15 is 0 Å². The number of ketones is 2. The molecular weight excluding hydrogens is 608 g/mol. The van der Waals surface area contributed by atoms with Crippen LogP contribution < -0.4 is 10.6 Å². The summed E-state index contributed by atoms with van der Waals surface area (Å²) in [7, 11) is 1.70. The Balaban J connectivity index is 1.52. The van der Waals surface area contributed by atoms with E-state index in [1.165, 1.54) is 24.8 Å². The molecule has 2 aliphatic rings. The molecule has 3 aromatic rings. The standard InChI is InChI=1S/C40H47ClN2O4/c1-26(2)22-33(37-35(44)23-39(3,4)24-36(37)45)43-25-34(42-5)38(46)47-40(29-14-7-6-8-15-29,31-16-9-10-17-32(31)41)30-20-18-28(19-21-30)27-12-11-13-27/h6-10,14-21,26-27,34,42-43H,11-13,22-25H2,1-5H3. The summed E-state index contributed by atoms with van der Waals surface area (Å²) in [6, 6.07) is 24.8. The SMILES string of the molecule is CNC(CNC(CC(C)C)=C1C(=O)CC(C)(C)CC1=O)C(=O)OC(c1ccccc1)(c1ccc(C2CCC2)cc1)c1ccccc1Cl. The molecule has 2 unspecified atom stereocenters. The molecule has 47 heavy (non-hydrogen) atoms. The second kappa shape index (κ2) is 14.6. The Bertz CT molecular complexity index is 1600. The highest BCUT2D eigenvalue weighted by molar-refractivity contribution is 6.31. The molecule has 5 rings (SSSR count). The van der Waals surface area contributed by atoms with Gasteiger partial charge in [0, 0.05) is 46.8 Å². The predicted octanol–water partition coefficient (Wildman–Crippen LogP) is 7.88. The second-order valence-electron chi connectivity index (χ2n) is 14.2. The number of benzene rings is 3. The van der Waals surface area contributed by atoms with Gasteiger partial charge >= 0.3 is 5.97 Å². The maximum absolute atomic E-state index is 14.4. The van der Waals surface area contributed by atoms with Crippen LogP contribution in [-0.4, -0.2) is 37.2 Å². The lowest BCUT2D eigenvalue weighted by molar-refractivity contribution is -0.155. The van der Waals surface area contributed by atoms with Gasteiger partial charge in [0.1, 0.15) is 6.04 Å². The van der Waals surface area contributed by atoms with Crippen LogP contribution in [0.1, 0.15) is 94.4 Å². The second-order valence-corrected chi connectivity index (χ2v) is 14.6. The molecule has 2 fully saturated rings. The number of carbonyl (C=O) groups is 3. The van der Waals surface area contributed by atoms with Crippen LogP contribution in [0, 0.1) is 11.3 Å². The van der Waals surface area contributed by atoms with Crippen molar-refractivity contribution in [1.29, 1.82) is 0 Å². The van der Waals surface area contributed by atoms with Crippen LogP contribution in [0.2, 0.25) is 5.02 Å². The molecular formula is C40H47ClN2O4. The van der Waals surface area contributed by atoms with Gasteiger partial charge in [0.25, 0.3) is 0 Å². The minimum absolute atomic E-state index is 0.124. The third kappa shape index (κ3) is 7.55.